The second kappa shape index (κ2) is 3.01. The lowest BCUT2D eigenvalue weighted by Crippen LogP contribution is -1.91. The van der Waals surface area contributed by atoms with E-state index in [-0.39, 0.29) is 0 Å². The Morgan fingerprint density at radius 3 is 2.40 bits per heavy atom. The van der Waals surface area contributed by atoms with E-state index in [2.05, 4.69) is 5.16 Å². The van der Waals surface area contributed by atoms with E-state index in [4.69, 9.17) is 0 Å². The van der Waals surface area contributed by atoms with Crippen molar-refractivity contribution in [3.05, 3.63) is 41.1 Å². The number of nitrogens with zero attached hydrogens (tertiary/aromatic N) is 1. The number of rotatable bonds is 1. The fraction of sp³-hybridized carbons (Fsp3) is 0.125. The van der Waals surface area contributed by atoms with Crippen LogP contribution in [0.1, 0.15) is 12.5 Å². The molecule has 0 radical (unpaired) electrons. The second-order valence-corrected chi connectivity index (χ2v) is 2.04. The van der Waals surface area contributed by atoms with Gasteiger partial charge in [0, 0.05) is 5.71 Å². The molecule has 1 aromatic rings. The summed E-state index contributed by atoms with van der Waals surface area (Å²) in [4.78, 5) is 0. The van der Waals surface area contributed by atoms with Crippen LogP contribution in [0, 0.1) is 5.21 Å². The summed E-state index contributed by atoms with van der Waals surface area (Å²) in [6, 6.07) is 9.38. The Kier molecular flexibility index (Phi) is 2.05. The van der Waals surface area contributed by atoms with Crippen LogP contribution in [0.15, 0.2) is 35.5 Å². The molecule has 0 heterocycles. The molecule has 10 heavy (non-hydrogen) atoms. The summed E-state index contributed by atoms with van der Waals surface area (Å²) in [5.74, 6) is 0. The molecule has 0 amide bonds. The first kappa shape index (κ1) is 6.81. The van der Waals surface area contributed by atoms with Crippen LogP contribution in [0.3, 0.4) is 0 Å². The van der Waals surface area contributed by atoms with Gasteiger partial charge in [-0.2, -0.15) is 0 Å². The van der Waals surface area contributed by atoms with Crippen LogP contribution < -0.4 is 0 Å². The maximum Gasteiger partial charge on any atom is 0.0334 e. The van der Waals surface area contributed by atoms with Crippen LogP contribution in [0.2, 0.25) is 0 Å². The van der Waals surface area contributed by atoms with Crippen LogP contribution in [-0.2, 0) is 0 Å². The molecule has 1 aromatic carbocycles. The van der Waals surface area contributed by atoms with Gasteiger partial charge in [-0.15, -0.1) is 0 Å². The smallest absolute Gasteiger partial charge is 0.0334 e. The molecule has 1 rings (SSSR count). The minimum Gasteiger partial charge on any atom is -0.792 e. The average molecular weight is 134 g/mol. The van der Waals surface area contributed by atoms with Gasteiger partial charge in [0.25, 0.3) is 0 Å². The average Bonchev–Trinajstić information content (AvgIpc) is 2.05. The highest BCUT2D eigenvalue weighted by Crippen LogP contribution is 1.99. The van der Waals surface area contributed by atoms with Crippen molar-refractivity contribution in [1.29, 1.82) is 0 Å². The molecular formula is C8H8NO-. The van der Waals surface area contributed by atoms with Crippen LogP contribution in [0.25, 0.3) is 0 Å². The van der Waals surface area contributed by atoms with E-state index in [1.165, 1.54) is 0 Å². The zero-order valence-electron chi connectivity index (χ0n) is 5.74. The van der Waals surface area contributed by atoms with Crippen molar-refractivity contribution in [1.82, 2.24) is 0 Å². The van der Waals surface area contributed by atoms with Crippen molar-refractivity contribution in [3.63, 3.8) is 0 Å². The Morgan fingerprint density at radius 2 is 1.90 bits per heavy atom. The molecule has 0 N–H and O–H groups in total. The van der Waals surface area contributed by atoms with Crippen molar-refractivity contribution >= 4 is 5.71 Å². The molecule has 52 valence electrons. The molecule has 0 spiro atoms. The topological polar surface area (TPSA) is 35.4 Å². The lowest BCUT2D eigenvalue weighted by molar-refractivity contribution is 1.52. The molecule has 0 saturated carbocycles. The molecule has 0 aliphatic heterocycles. The van der Waals surface area contributed by atoms with Gasteiger partial charge in [-0.05, 0) is 12.5 Å². The Labute approximate surface area is 59.8 Å². The highest BCUT2D eigenvalue weighted by molar-refractivity contribution is 5.98. The normalized spacial score (nSPS) is 11.5. The van der Waals surface area contributed by atoms with Gasteiger partial charge in [0.1, 0.15) is 0 Å². The van der Waals surface area contributed by atoms with Gasteiger partial charge in [-0.25, -0.2) is 0 Å². The van der Waals surface area contributed by atoms with Crippen molar-refractivity contribution < 1.29 is 0 Å². The largest absolute Gasteiger partial charge is 0.792 e. The summed E-state index contributed by atoms with van der Waals surface area (Å²) in [5, 5.41) is 12.8. The van der Waals surface area contributed by atoms with E-state index in [0.717, 1.165) is 5.56 Å². The Bertz CT molecular complexity index is 228. The van der Waals surface area contributed by atoms with E-state index >= 15 is 0 Å². The molecule has 0 fully saturated rings. The van der Waals surface area contributed by atoms with Crippen molar-refractivity contribution in [2.45, 2.75) is 6.92 Å². The molecule has 0 aromatic heterocycles. The van der Waals surface area contributed by atoms with Crippen LogP contribution in [0.5, 0.6) is 0 Å². The summed E-state index contributed by atoms with van der Waals surface area (Å²) in [5.41, 5.74) is 1.41. The molecule has 2 nitrogen and oxygen atoms in total. The van der Waals surface area contributed by atoms with Gasteiger partial charge in [-0.3, -0.25) is 0 Å². The summed E-state index contributed by atoms with van der Waals surface area (Å²) in [6.07, 6.45) is 0. The van der Waals surface area contributed by atoms with Crippen LogP contribution in [0.4, 0.5) is 0 Å². The van der Waals surface area contributed by atoms with E-state index in [0.29, 0.717) is 5.71 Å². The number of benzene rings is 1. The molecule has 0 aliphatic carbocycles. The lowest BCUT2D eigenvalue weighted by Gasteiger charge is -2.00. The lowest BCUT2D eigenvalue weighted by atomic mass is 10.1. The van der Waals surface area contributed by atoms with Gasteiger partial charge >= 0.3 is 0 Å². The number of hydrogen-bond donors (Lipinski definition) is 0. The monoisotopic (exact) mass is 134 g/mol. The predicted octanol–water partition coefficient (Wildman–Crippen LogP) is 1.99. The van der Waals surface area contributed by atoms with E-state index in [1.807, 2.05) is 30.3 Å². The molecule has 2 heteroatoms. The zero-order valence-corrected chi connectivity index (χ0v) is 5.74. The molecular weight excluding hydrogens is 126 g/mol. The Hall–Kier alpha value is -1.31. The Morgan fingerprint density at radius 1 is 1.30 bits per heavy atom. The fourth-order valence-corrected chi connectivity index (χ4v) is 0.732. The third-order valence-corrected chi connectivity index (χ3v) is 1.33. The SMILES string of the molecule is C/C(=N/[O-])c1ccccc1. The molecule has 0 atom stereocenters. The highest BCUT2D eigenvalue weighted by Gasteiger charge is 1.89. The molecule has 0 saturated heterocycles. The summed E-state index contributed by atoms with van der Waals surface area (Å²) >= 11 is 0. The van der Waals surface area contributed by atoms with Crippen LogP contribution in [-0.4, -0.2) is 5.71 Å². The molecule has 0 unspecified atom stereocenters. The predicted molar refractivity (Wildman–Crippen MR) is 42.0 cm³/mol. The number of hydrogen-bond acceptors (Lipinski definition) is 2. The fourth-order valence-electron chi connectivity index (χ4n) is 0.732. The minimum absolute atomic E-state index is 0.528. The third-order valence-electron chi connectivity index (χ3n) is 1.33. The van der Waals surface area contributed by atoms with Gasteiger partial charge in [-0.1, -0.05) is 30.3 Å². The zero-order chi connectivity index (χ0) is 7.40. The van der Waals surface area contributed by atoms with Gasteiger partial charge in [0.05, 0.1) is 0 Å². The first-order valence-electron chi connectivity index (χ1n) is 3.07. The quantitative estimate of drug-likeness (QED) is 0.427. The van der Waals surface area contributed by atoms with E-state index < -0.39 is 0 Å². The molecule has 0 aliphatic rings. The van der Waals surface area contributed by atoms with Crippen molar-refractivity contribution in [3.8, 4) is 0 Å². The summed E-state index contributed by atoms with van der Waals surface area (Å²) < 4.78 is 0. The van der Waals surface area contributed by atoms with Crippen molar-refractivity contribution in [2.75, 3.05) is 0 Å². The van der Waals surface area contributed by atoms with Crippen molar-refractivity contribution in [2.24, 2.45) is 5.16 Å². The first-order valence-corrected chi connectivity index (χ1v) is 3.07. The Balaban J connectivity index is 2.96. The minimum atomic E-state index is 0.528. The van der Waals surface area contributed by atoms with Gasteiger partial charge in [0.15, 0.2) is 0 Å². The summed E-state index contributed by atoms with van der Waals surface area (Å²) in [7, 11) is 0. The third kappa shape index (κ3) is 1.35. The second-order valence-electron chi connectivity index (χ2n) is 2.04. The van der Waals surface area contributed by atoms with E-state index in [1.54, 1.807) is 6.92 Å². The standard InChI is InChI=1S/C8H9NO/c1-7(9-10)8-5-3-2-4-6-8/h2-6,10H,1H3/p-1/b9-7-. The van der Waals surface area contributed by atoms with Crippen LogP contribution >= 0.6 is 0 Å². The van der Waals surface area contributed by atoms with Gasteiger partial charge in [0.2, 0.25) is 0 Å². The van der Waals surface area contributed by atoms with Gasteiger partial charge < -0.3 is 10.4 Å². The maximum atomic E-state index is 10.0. The molecule has 0 bridgehead atoms. The first-order chi connectivity index (χ1) is 4.84. The highest BCUT2D eigenvalue weighted by atomic mass is 16.4. The summed E-state index contributed by atoms with van der Waals surface area (Å²) in [6.45, 7) is 1.70. The van der Waals surface area contributed by atoms with E-state index in [9.17, 15) is 5.21 Å². The maximum absolute atomic E-state index is 10.0.